The molecule has 2 aromatic rings. The van der Waals surface area contributed by atoms with Crippen LogP contribution in [-0.4, -0.2) is 43.4 Å². The lowest BCUT2D eigenvalue weighted by Crippen LogP contribution is -2.23. The van der Waals surface area contributed by atoms with Gasteiger partial charge in [0.05, 0.1) is 12.7 Å². The maximum Gasteiger partial charge on any atom is 0.161 e. The van der Waals surface area contributed by atoms with Crippen LogP contribution < -0.4 is 0 Å². The summed E-state index contributed by atoms with van der Waals surface area (Å²) in [4.78, 5) is 0. The van der Waals surface area contributed by atoms with Crippen LogP contribution in [0, 0.1) is 0 Å². The van der Waals surface area contributed by atoms with E-state index in [9.17, 15) is 30.6 Å². The zero-order chi connectivity index (χ0) is 15.6. The molecule has 0 heterocycles. The molecule has 6 N–H and O–H groups in total. The molecule has 21 heavy (non-hydrogen) atoms. The van der Waals surface area contributed by atoms with Crippen LogP contribution in [-0.2, 0) is 0 Å². The van der Waals surface area contributed by atoms with Crippen molar-refractivity contribution in [3.05, 3.63) is 47.5 Å². The number of aliphatic hydroxyl groups is 2. The fourth-order valence-corrected chi connectivity index (χ4v) is 2.23. The molecule has 0 radical (unpaired) electrons. The van der Waals surface area contributed by atoms with Gasteiger partial charge < -0.3 is 30.6 Å². The number of aliphatic hydroxyl groups excluding tert-OH is 2. The predicted octanol–water partition coefficient (Wildman–Crippen LogP) is 0.994. The number of phenolic OH excluding ortho intramolecular Hbond substituents is 4. The monoisotopic (exact) mass is 292 g/mol. The maximum absolute atomic E-state index is 10.0. The third kappa shape index (κ3) is 3.01. The molecule has 2 rings (SSSR count). The zero-order valence-corrected chi connectivity index (χ0v) is 11.0. The Balaban J connectivity index is 2.55. The van der Waals surface area contributed by atoms with Crippen LogP contribution >= 0.6 is 0 Å². The van der Waals surface area contributed by atoms with E-state index in [1.807, 2.05) is 0 Å². The van der Waals surface area contributed by atoms with Crippen molar-refractivity contribution < 1.29 is 30.6 Å². The Kier molecular flexibility index (Phi) is 4.21. The summed E-state index contributed by atoms with van der Waals surface area (Å²) < 4.78 is 0. The van der Waals surface area contributed by atoms with Crippen LogP contribution in [0.25, 0.3) is 0 Å². The molecule has 0 spiro atoms. The second kappa shape index (κ2) is 5.90. The van der Waals surface area contributed by atoms with Crippen LogP contribution in [0.1, 0.15) is 17.0 Å². The van der Waals surface area contributed by atoms with Gasteiger partial charge in [-0.15, -0.1) is 0 Å². The summed E-state index contributed by atoms with van der Waals surface area (Å²) in [6, 6.07) is 7.96. The van der Waals surface area contributed by atoms with E-state index in [1.54, 1.807) is 0 Å². The van der Waals surface area contributed by atoms with Crippen LogP contribution in [0.2, 0.25) is 0 Å². The third-order valence-corrected chi connectivity index (χ3v) is 3.28. The smallest absolute Gasteiger partial charge is 0.161 e. The second-order valence-corrected chi connectivity index (χ2v) is 4.72. The Morgan fingerprint density at radius 3 is 1.95 bits per heavy atom. The molecule has 0 fully saturated rings. The minimum atomic E-state index is -1.23. The summed E-state index contributed by atoms with van der Waals surface area (Å²) in [6.07, 6.45) is -1.23. The second-order valence-electron chi connectivity index (χ2n) is 4.72. The van der Waals surface area contributed by atoms with E-state index in [2.05, 4.69) is 0 Å². The minimum absolute atomic E-state index is 0.0359. The average Bonchev–Trinajstić information content (AvgIpc) is 2.46. The number of hydrogen-bond acceptors (Lipinski definition) is 6. The van der Waals surface area contributed by atoms with Crippen LogP contribution in [0.3, 0.4) is 0 Å². The Labute approximate surface area is 120 Å². The van der Waals surface area contributed by atoms with E-state index in [1.165, 1.54) is 24.3 Å². The quantitative estimate of drug-likeness (QED) is 0.369. The lowest BCUT2D eigenvalue weighted by atomic mass is 9.86. The van der Waals surface area contributed by atoms with E-state index in [0.29, 0.717) is 5.56 Å². The van der Waals surface area contributed by atoms with Gasteiger partial charge in [0.1, 0.15) is 11.5 Å². The first-order valence-electron chi connectivity index (χ1n) is 6.26. The van der Waals surface area contributed by atoms with Gasteiger partial charge in [-0.05, 0) is 23.8 Å². The first-order valence-corrected chi connectivity index (χ1v) is 6.26. The molecule has 0 aromatic heterocycles. The molecule has 6 heteroatoms. The Bertz CT molecular complexity index is 623. The summed E-state index contributed by atoms with van der Waals surface area (Å²) in [6.45, 7) is -0.563. The van der Waals surface area contributed by atoms with E-state index >= 15 is 0 Å². The lowest BCUT2D eigenvalue weighted by molar-refractivity contribution is 0.0816. The SMILES string of the molecule is OCC(O)C(c1ccc(O)cc1)c1cc(O)c(O)cc1O. The van der Waals surface area contributed by atoms with Crippen molar-refractivity contribution in [2.24, 2.45) is 0 Å². The molecule has 0 saturated carbocycles. The summed E-state index contributed by atoms with van der Waals surface area (Å²) in [5, 5.41) is 57.4. The van der Waals surface area contributed by atoms with Crippen molar-refractivity contribution in [2.75, 3.05) is 6.61 Å². The highest BCUT2D eigenvalue weighted by Crippen LogP contribution is 2.40. The van der Waals surface area contributed by atoms with Gasteiger partial charge in [0.2, 0.25) is 0 Å². The van der Waals surface area contributed by atoms with E-state index in [0.717, 1.165) is 12.1 Å². The van der Waals surface area contributed by atoms with Gasteiger partial charge >= 0.3 is 0 Å². The number of hydrogen-bond donors (Lipinski definition) is 6. The highest BCUT2D eigenvalue weighted by Gasteiger charge is 2.26. The van der Waals surface area contributed by atoms with Crippen LogP contribution in [0.15, 0.2) is 36.4 Å². The largest absolute Gasteiger partial charge is 0.508 e. The number of rotatable bonds is 4. The summed E-state index contributed by atoms with van der Waals surface area (Å²) in [7, 11) is 0. The van der Waals surface area contributed by atoms with Gasteiger partial charge in [-0.2, -0.15) is 0 Å². The van der Waals surface area contributed by atoms with E-state index in [4.69, 9.17) is 0 Å². The lowest BCUT2D eigenvalue weighted by Gasteiger charge is -2.23. The molecule has 112 valence electrons. The van der Waals surface area contributed by atoms with Crippen molar-refractivity contribution in [1.82, 2.24) is 0 Å². The number of aromatic hydroxyl groups is 4. The first-order chi connectivity index (χ1) is 9.93. The number of phenols is 4. The average molecular weight is 292 g/mol. The van der Waals surface area contributed by atoms with Crippen molar-refractivity contribution in [3.8, 4) is 23.0 Å². The summed E-state index contributed by atoms with van der Waals surface area (Å²) in [5.74, 6) is -2.05. The first kappa shape index (κ1) is 15.0. The summed E-state index contributed by atoms with van der Waals surface area (Å²) in [5.41, 5.74) is 0.673. The molecule has 0 aliphatic heterocycles. The van der Waals surface area contributed by atoms with Crippen molar-refractivity contribution in [3.63, 3.8) is 0 Å². The minimum Gasteiger partial charge on any atom is -0.508 e. The van der Waals surface area contributed by atoms with Crippen molar-refractivity contribution in [1.29, 1.82) is 0 Å². The molecule has 0 saturated heterocycles. The normalized spacial score (nSPS) is 13.8. The molecule has 0 amide bonds. The molecular weight excluding hydrogens is 276 g/mol. The standard InChI is InChI=1S/C15H16O6/c16-7-14(21)15(8-1-3-9(17)4-2-8)10-5-12(19)13(20)6-11(10)18/h1-6,14-21H,7H2. The fraction of sp³-hybridized carbons (Fsp3) is 0.200. The molecule has 0 bridgehead atoms. The Morgan fingerprint density at radius 1 is 0.810 bits per heavy atom. The summed E-state index contributed by atoms with van der Waals surface area (Å²) >= 11 is 0. The molecule has 2 aromatic carbocycles. The van der Waals surface area contributed by atoms with Gasteiger partial charge in [0, 0.05) is 17.5 Å². The molecule has 2 unspecified atom stereocenters. The highest BCUT2D eigenvalue weighted by molar-refractivity contribution is 5.52. The Morgan fingerprint density at radius 2 is 1.38 bits per heavy atom. The van der Waals surface area contributed by atoms with Crippen LogP contribution in [0.5, 0.6) is 23.0 Å². The van der Waals surface area contributed by atoms with E-state index in [-0.39, 0.29) is 17.1 Å². The van der Waals surface area contributed by atoms with Gasteiger partial charge in [0.25, 0.3) is 0 Å². The van der Waals surface area contributed by atoms with Gasteiger partial charge in [-0.3, -0.25) is 0 Å². The number of benzene rings is 2. The third-order valence-electron chi connectivity index (χ3n) is 3.28. The maximum atomic E-state index is 10.0. The molecular formula is C15H16O6. The van der Waals surface area contributed by atoms with Gasteiger partial charge in [-0.1, -0.05) is 12.1 Å². The highest BCUT2D eigenvalue weighted by atomic mass is 16.3. The Hall–Kier alpha value is -2.44. The topological polar surface area (TPSA) is 121 Å². The van der Waals surface area contributed by atoms with Crippen LogP contribution in [0.4, 0.5) is 0 Å². The molecule has 0 aliphatic rings. The molecule has 6 nitrogen and oxygen atoms in total. The van der Waals surface area contributed by atoms with E-state index < -0.39 is 30.1 Å². The van der Waals surface area contributed by atoms with Gasteiger partial charge in [0.15, 0.2) is 11.5 Å². The van der Waals surface area contributed by atoms with Crippen molar-refractivity contribution in [2.45, 2.75) is 12.0 Å². The van der Waals surface area contributed by atoms with Crippen molar-refractivity contribution >= 4 is 0 Å². The predicted molar refractivity (Wildman–Crippen MR) is 74.5 cm³/mol. The molecule has 0 aliphatic carbocycles. The zero-order valence-electron chi connectivity index (χ0n) is 11.0. The molecule has 2 atom stereocenters. The van der Waals surface area contributed by atoms with Gasteiger partial charge in [-0.25, -0.2) is 0 Å². The fourth-order valence-electron chi connectivity index (χ4n) is 2.23.